The van der Waals surface area contributed by atoms with Gasteiger partial charge in [-0.05, 0) is 36.4 Å². The topological polar surface area (TPSA) is 71.0 Å². The van der Waals surface area contributed by atoms with Gasteiger partial charge in [-0.25, -0.2) is 9.97 Å². The van der Waals surface area contributed by atoms with E-state index < -0.39 is 0 Å². The Morgan fingerprint density at radius 3 is 2.42 bits per heavy atom. The van der Waals surface area contributed by atoms with Crippen molar-refractivity contribution in [2.75, 3.05) is 64.3 Å². The Bertz CT molecular complexity index is 1200. The highest BCUT2D eigenvalue weighted by molar-refractivity contribution is 6.33. The molecule has 1 aliphatic heterocycles. The number of hydrogen-bond acceptors (Lipinski definition) is 7. The summed E-state index contributed by atoms with van der Waals surface area (Å²) in [5, 5.41) is 0.392. The van der Waals surface area contributed by atoms with Crippen molar-refractivity contribution in [2.24, 2.45) is 0 Å². The summed E-state index contributed by atoms with van der Waals surface area (Å²) in [5.74, 6) is 1.41. The van der Waals surface area contributed by atoms with Gasteiger partial charge < -0.3 is 19.3 Å². The van der Waals surface area contributed by atoms with Gasteiger partial charge in [-0.3, -0.25) is 9.69 Å². The zero-order chi connectivity index (χ0) is 25.7. The zero-order valence-electron chi connectivity index (χ0n) is 21.2. The minimum atomic E-state index is -0.159. The molecule has 1 amide bonds. The van der Waals surface area contributed by atoms with E-state index >= 15 is 0 Å². The average Bonchev–Trinajstić information content (AvgIpc) is 2.90. The number of ether oxygens (including phenoxy) is 2. The first-order chi connectivity index (χ1) is 17.4. The third-order valence-electron chi connectivity index (χ3n) is 6.50. The second-order valence-electron chi connectivity index (χ2n) is 8.93. The van der Waals surface area contributed by atoms with Crippen LogP contribution in [0, 0.1) is 0 Å². The van der Waals surface area contributed by atoms with Crippen LogP contribution in [0.25, 0.3) is 0 Å². The molecule has 1 aliphatic rings. The number of anilines is 2. The van der Waals surface area contributed by atoms with Crippen LogP contribution in [-0.4, -0.2) is 75.3 Å². The number of piperazine rings is 1. The lowest BCUT2D eigenvalue weighted by Gasteiger charge is -2.34. The molecule has 0 spiro atoms. The quantitative estimate of drug-likeness (QED) is 0.458. The van der Waals surface area contributed by atoms with Crippen molar-refractivity contribution in [2.45, 2.75) is 12.8 Å². The van der Waals surface area contributed by atoms with Gasteiger partial charge in [0.15, 0.2) is 0 Å². The van der Waals surface area contributed by atoms with Gasteiger partial charge in [0.25, 0.3) is 0 Å². The largest absolute Gasteiger partial charge is 0.497 e. The molecule has 1 saturated heterocycles. The monoisotopic (exact) mass is 509 g/mol. The van der Waals surface area contributed by atoms with E-state index in [2.05, 4.69) is 51.1 Å². The Hall–Kier alpha value is -3.36. The third-order valence-corrected chi connectivity index (χ3v) is 6.93. The molecule has 0 radical (unpaired) electrons. The highest BCUT2D eigenvalue weighted by Crippen LogP contribution is 2.33. The molecular weight excluding hydrogens is 478 g/mol. The third kappa shape index (κ3) is 6.06. The molecule has 9 heteroatoms. The van der Waals surface area contributed by atoms with Crippen molar-refractivity contribution in [3.63, 3.8) is 0 Å². The van der Waals surface area contributed by atoms with Gasteiger partial charge in [0.2, 0.25) is 5.91 Å². The molecule has 190 valence electrons. The number of carbonyl (C=O) groups excluding carboxylic acids is 1. The summed E-state index contributed by atoms with van der Waals surface area (Å²) in [5.41, 5.74) is 3.86. The molecule has 36 heavy (non-hydrogen) atoms. The first-order valence-corrected chi connectivity index (χ1v) is 12.3. The van der Waals surface area contributed by atoms with E-state index in [0.29, 0.717) is 34.3 Å². The Labute approximate surface area is 217 Å². The number of rotatable bonds is 8. The van der Waals surface area contributed by atoms with Gasteiger partial charge in [0.1, 0.15) is 23.6 Å². The summed E-state index contributed by atoms with van der Waals surface area (Å²) in [4.78, 5) is 28.1. The van der Waals surface area contributed by atoms with Crippen LogP contribution in [0.1, 0.15) is 16.8 Å². The second kappa shape index (κ2) is 11.6. The number of nitrogens with zero attached hydrogens (tertiary/aromatic N) is 5. The van der Waals surface area contributed by atoms with Crippen LogP contribution in [-0.2, 0) is 17.6 Å². The summed E-state index contributed by atoms with van der Waals surface area (Å²) in [6.07, 6.45) is 2.23. The van der Waals surface area contributed by atoms with Crippen LogP contribution in [0.2, 0.25) is 5.02 Å². The maximum atomic E-state index is 13.1. The number of carbonyl (C=O) groups is 1. The minimum absolute atomic E-state index is 0.0793. The van der Waals surface area contributed by atoms with E-state index in [4.69, 9.17) is 21.1 Å². The lowest BCUT2D eigenvalue weighted by molar-refractivity contribution is -0.117. The first kappa shape index (κ1) is 25.7. The maximum absolute atomic E-state index is 13.1. The number of aromatic nitrogens is 2. The first-order valence-electron chi connectivity index (χ1n) is 11.9. The van der Waals surface area contributed by atoms with Crippen LogP contribution < -0.4 is 19.3 Å². The molecule has 0 bridgehead atoms. The molecule has 2 heterocycles. The SMILES string of the molecule is COc1cc(CC(=O)N(C)c2cc(Cc3ccc(N4CCN(C)CC4)cc3)ncn2)c(Cl)c(OC)c1. The number of methoxy groups -OCH3 is 2. The number of hydrogen-bond donors (Lipinski definition) is 0. The number of likely N-dealkylation sites (N-methyl/N-ethyl adjacent to an activating group) is 2. The Balaban J connectivity index is 1.43. The molecule has 0 saturated carbocycles. The fraction of sp³-hybridized carbons (Fsp3) is 0.370. The van der Waals surface area contributed by atoms with Gasteiger partial charge in [-0.15, -0.1) is 0 Å². The summed E-state index contributed by atoms with van der Waals surface area (Å²) >= 11 is 6.43. The minimum Gasteiger partial charge on any atom is -0.497 e. The lowest BCUT2D eigenvalue weighted by Crippen LogP contribution is -2.44. The summed E-state index contributed by atoms with van der Waals surface area (Å²) < 4.78 is 10.6. The Morgan fingerprint density at radius 2 is 1.75 bits per heavy atom. The number of amides is 1. The van der Waals surface area contributed by atoms with Crippen LogP contribution in [0.15, 0.2) is 48.8 Å². The van der Waals surface area contributed by atoms with Gasteiger partial charge in [0, 0.05) is 57.5 Å². The van der Waals surface area contributed by atoms with E-state index in [-0.39, 0.29) is 12.3 Å². The van der Waals surface area contributed by atoms with E-state index in [1.807, 2.05) is 6.07 Å². The van der Waals surface area contributed by atoms with E-state index in [0.717, 1.165) is 37.4 Å². The maximum Gasteiger partial charge on any atom is 0.232 e. The molecule has 2 aromatic carbocycles. The number of halogens is 1. The summed E-state index contributed by atoms with van der Waals surface area (Å²) in [6.45, 7) is 4.24. The van der Waals surface area contributed by atoms with Crippen LogP contribution in [0.3, 0.4) is 0 Å². The van der Waals surface area contributed by atoms with Gasteiger partial charge in [-0.1, -0.05) is 23.7 Å². The van der Waals surface area contributed by atoms with E-state index in [1.54, 1.807) is 26.3 Å². The Kier molecular flexibility index (Phi) is 8.28. The molecule has 1 aromatic heterocycles. The molecule has 4 rings (SSSR count). The fourth-order valence-electron chi connectivity index (χ4n) is 4.20. The second-order valence-corrected chi connectivity index (χ2v) is 9.31. The van der Waals surface area contributed by atoms with Crippen molar-refractivity contribution in [3.8, 4) is 11.5 Å². The molecule has 3 aromatic rings. The summed E-state index contributed by atoms with van der Waals surface area (Å²) in [7, 11) is 6.95. The van der Waals surface area contributed by atoms with Gasteiger partial charge in [0.05, 0.1) is 31.4 Å². The molecule has 0 aliphatic carbocycles. The van der Waals surface area contributed by atoms with E-state index in [9.17, 15) is 4.79 Å². The van der Waals surface area contributed by atoms with Crippen LogP contribution in [0.4, 0.5) is 11.5 Å². The average molecular weight is 510 g/mol. The molecule has 8 nitrogen and oxygen atoms in total. The van der Waals surface area contributed by atoms with Crippen LogP contribution in [0.5, 0.6) is 11.5 Å². The molecule has 1 fully saturated rings. The zero-order valence-corrected chi connectivity index (χ0v) is 22.0. The van der Waals surface area contributed by atoms with Gasteiger partial charge >= 0.3 is 0 Å². The van der Waals surface area contributed by atoms with Crippen molar-refractivity contribution in [1.82, 2.24) is 14.9 Å². The normalized spacial score (nSPS) is 14.0. The van der Waals surface area contributed by atoms with Crippen molar-refractivity contribution in [3.05, 3.63) is 70.6 Å². The highest BCUT2D eigenvalue weighted by Gasteiger charge is 2.19. The van der Waals surface area contributed by atoms with Gasteiger partial charge in [-0.2, -0.15) is 0 Å². The predicted molar refractivity (Wildman–Crippen MR) is 143 cm³/mol. The summed E-state index contributed by atoms with van der Waals surface area (Å²) in [6, 6.07) is 13.9. The van der Waals surface area contributed by atoms with Crippen molar-refractivity contribution in [1.29, 1.82) is 0 Å². The standard InChI is InChI=1S/C27H32ClN5O3/c1-31-9-11-33(12-10-31)22-7-5-19(6-8-22)13-21-16-25(30-18-29-21)32(2)26(34)15-20-14-23(35-3)17-24(36-4)27(20)28/h5-8,14,16-18H,9-13,15H2,1-4H3. The molecule has 0 N–H and O–H groups in total. The van der Waals surface area contributed by atoms with Crippen molar-refractivity contribution < 1.29 is 14.3 Å². The lowest BCUT2D eigenvalue weighted by atomic mass is 10.1. The molecular formula is C27H32ClN5O3. The van der Waals surface area contributed by atoms with Crippen LogP contribution >= 0.6 is 11.6 Å². The Morgan fingerprint density at radius 1 is 1.03 bits per heavy atom. The smallest absolute Gasteiger partial charge is 0.232 e. The molecule has 0 unspecified atom stereocenters. The number of benzene rings is 2. The highest BCUT2D eigenvalue weighted by atomic mass is 35.5. The fourth-order valence-corrected chi connectivity index (χ4v) is 4.45. The predicted octanol–water partition coefficient (Wildman–Crippen LogP) is 3.70. The van der Waals surface area contributed by atoms with Crippen molar-refractivity contribution >= 4 is 29.0 Å². The molecule has 0 atom stereocenters. The van der Waals surface area contributed by atoms with E-state index in [1.165, 1.54) is 24.0 Å².